The predicted octanol–water partition coefficient (Wildman–Crippen LogP) is 2.19. The van der Waals surface area contributed by atoms with Gasteiger partial charge in [0.15, 0.2) is 0 Å². The maximum absolute atomic E-state index is 12.4. The summed E-state index contributed by atoms with van der Waals surface area (Å²) >= 11 is 4.94. The van der Waals surface area contributed by atoms with Crippen LogP contribution in [0.2, 0.25) is 0 Å². The number of hydrogen-bond acceptors (Lipinski definition) is 4. The molecule has 0 saturated carbocycles. The van der Waals surface area contributed by atoms with Crippen molar-refractivity contribution >= 4 is 39.5 Å². The molecule has 23 heavy (non-hydrogen) atoms. The second-order valence-electron chi connectivity index (χ2n) is 5.82. The molecule has 0 aromatic heterocycles. The Kier molecular flexibility index (Phi) is 8.08. The molecule has 2 amide bonds. The molecule has 128 valence electrons. The molecule has 0 fully saturated rings. The Morgan fingerprint density at radius 2 is 2.00 bits per heavy atom. The summed E-state index contributed by atoms with van der Waals surface area (Å²) < 4.78 is 0.679. The van der Waals surface area contributed by atoms with Gasteiger partial charge in [-0.25, -0.2) is 0 Å². The number of thioether (sulfide) groups is 1. The number of aliphatic hydroxyl groups is 1. The van der Waals surface area contributed by atoms with Crippen molar-refractivity contribution in [2.24, 2.45) is 0 Å². The number of halogens is 1. The lowest BCUT2D eigenvalue weighted by atomic mass is 10.1. The van der Waals surface area contributed by atoms with Crippen molar-refractivity contribution in [3.05, 3.63) is 34.3 Å². The third-order valence-electron chi connectivity index (χ3n) is 3.05. The van der Waals surface area contributed by atoms with E-state index in [0.717, 1.165) is 5.75 Å². The average Bonchev–Trinajstić information content (AvgIpc) is 2.48. The van der Waals surface area contributed by atoms with Crippen LogP contribution in [0.4, 0.5) is 0 Å². The van der Waals surface area contributed by atoms with Crippen molar-refractivity contribution in [2.75, 3.05) is 18.6 Å². The van der Waals surface area contributed by atoms with Gasteiger partial charge in [0.05, 0.1) is 11.2 Å². The van der Waals surface area contributed by atoms with E-state index in [1.807, 2.05) is 12.3 Å². The highest BCUT2D eigenvalue weighted by molar-refractivity contribution is 9.10. The summed E-state index contributed by atoms with van der Waals surface area (Å²) in [5.41, 5.74) is -0.511. The highest BCUT2D eigenvalue weighted by Crippen LogP contribution is 2.16. The van der Waals surface area contributed by atoms with Crippen molar-refractivity contribution in [3.63, 3.8) is 0 Å². The Labute approximate surface area is 149 Å². The number of rotatable bonds is 8. The molecule has 1 aromatic carbocycles. The van der Waals surface area contributed by atoms with Crippen LogP contribution in [-0.4, -0.2) is 47.1 Å². The molecule has 0 heterocycles. The first-order valence-electron chi connectivity index (χ1n) is 7.29. The summed E-state index contributed by atoms with van der Waals surface area (Å²) in [6.45, 7) is 3.36. The molecule has 0 radical (unpaired) electrons. The second-order valence-corrected chi connectivity index (χ2v) is 7.66. The molecule has 3 N–H and O–H groups in total. The first-order chi connectivity index (χ1) is 10.7. The van der Waals surface area contributed by atoms with Crippen molar-refractivity contribution in [1.29, 1.82) is 0 Å². The summed E-state index contributed by atoms with van der Waals surface area (Å²) in [6, 6.07) is 6.43. The number of benzene rings is 1. The fourth-order valence-corrected chi connectivity index (χ4v) is 2.75. The summed E-state index contributed by atoms with van der Waals surface area (Å²) in [5, 5.41) is 15.2. The average molecular weight is 403 g/mol. The van der Waals surface area contributed by atoms with Crippen LogP contribution in [0, 0.1) is 0 Å². The van der Waals surface area contributed by atoms with Gasteiger partial charge in [0.1, 0.15) is 6.04 Å². The third-order valence-corrected chi connectivity index (χ3v) is 4.38. The van der Waals surface area contributed by atoms with Gasteiger partial charge in [-0.05, 0) is 60.3 Å². The van der Waals surface area contributed by atoms with Gasteiger partial charge in [-0.2, -0.15) is 11.8 Å². The van der Waals surface area contributed by atoms with E-state index in [9.17, 15) is 14.7 Å². The van der Waals surface area contributed by atoms with E-state index in [1.165, 1.54) is 0 Å². The largest absolute Gasteiger partial charge is 0.389 e. The van der Waals surface area contributed by atoms with Crippen molar-refractivity contribution in [2.45, 2.75) is 31.9 Å². The third kappa shape index (κ3) is 7.37. The SMILES string of the molecule is CSCCC(NC(=O)c1ccccc1Br)C(=O)NCC(C)(C)O. The van der Waals surface area contributed by atoms with E-state index in [2.05, 4.69) is 26.6 Å². The zero-order valence-electron chi connectivity index (χ0n) is 13.6. The molecule has 5 nitrogen and oxygen atoms in total. The number of hydrogen-bond donors (Lipinski definition) is 3. The number of nitrogens with one attached hydrogen (secondary N) is 2. The maximum atomic E-state index is 12.4. The minimum Gasteiger partial charge on any atom is -0.389 e. The summed E-state index contributed by atoms with van der Waals surface area (Å²) in [7, 11) is 0. The molecule has 0 aliphatic heterocycles. The second kappa shape index (κ2) is 9.30. The van der Waals surface area contributed by atoms with Gasteiger partial charge in [0, 0.05) is 11.0 Å². The van der Waals surface area contributed by atoms with E-state index in [4.69, 9.17) is 0 Å². The molecule has 0 spiro atoms. The fourth-order valence-electron chi connectivity index (χ4n) is 1.81. The van der Waals surface area contributed by atoms with Crippen LogP contribution in [-0.2, 0) is 4.79 Å². The van der Waals surface area contributed by atoms with E-state index in [0.29, 0.717) is 16.5 Å². The predicted molar refractivity (Wildman–Crippen MR) is 97.7 cm³/mol. The molecule has 0 aliphatic carbocycles. The van der Waals surface area contributed by atoms with Gasteiger partial charge in [-0.15, -0.1) is 0 Å². The summed E-state index contributed by atoms with van der Waals surface area (Å²) in [4.78, 5) is 24.7. The number of carbonyl (C=O) groups excluding carboxylic acids is 2. The molecular formula is C16H23BrN2O3S. The monoisotopic (exact) mass is 402 g/mol. The molecule has 1 aromatic rings. The van der Waals surface area contributed by atoms with Crippen LogP contribution in [0.25, 0.3) is 0 Å². The zero-order valence-corrected chi connectivity index (χ0v) is 16.0. The molecule has 0 bridgehead atoms. The fraction of sp³-hybridized carbons (Fsp3) is 0.500. The van der Waals surface area contributed by atoms with E-state index in [1.54, 1.807) is 43.8 Å². The molecule has 0 aliphatic rings. The van der Waals surface area contributed by atoms with Gasteiger partial charge in [0.25, 0.3) is 5.91 Å². The van der Waals surface area contributed by atoms with Gasteiger partial charge < -0.3 is 15.7 Å². The normalized spacial score (nSPS) is 12.6. The molecule has 1 rings (SSSR count). The Balaban J connectivity index is 2.75. The molecule has 7 heteroatoms. The Morgan fingerprint density at radius 3 is 2.57 bits per heavy atom. The highest BCUT2D eigenvalue weighted by atomic mass is 79.9. The quantitative estimate of drug-likeness (QED) is 0.622. The standard InChI is InChI=1S/C16H23BrN2O3S/c1-16(2,22)10-18-15(21)13(8-9-23-3)19-14(20)11-6-4-5-7-12(11)17/h4-7,13,22H,8-10H2,1-3H3,(H,18,21)(H,19,20). The molecule has 1 atom stereocenters. The lowest BCUT2D eigenvalue weighted by molar-refractivity contribution is -0.124. The highest BCUT2D eigenvalue weighted by Gasteiger charge is 2.23. The van der Waals surface area contributed by atoms with Gasteiger partial charge >= 0.3 is 0 Å². The van der Waals surface area contributed by atoms with Crippen molar-refractivity contribution in [1.82, 2.24) is 10.6 Å². The Bertz CT molecular complexity index is 546. The van der Waals surface area contributed by atoms with Crippen molar-refractivity contribution in [3.8, 4) is 0 Å². The smallest absolute Gasteiger partial charge is 0.253 e. The van der Waals surface area contributed by atoms with Crippen LogP contribution < -0.4 is 10.6 Å². The van der Waals surface area contributed by atoms with Crippen LogP contribution in [0.15, 0.2) is 28.7 Å². The Hall–Kier alpha value is -1.05. The number of amides is 2. The van der Waals surface area contributed by atoms with Gasteiger partial charge in [-0.3, -0.25) is 9.59 Å². The van der Waals surface area contributed by atoms with Crippen molar-refractivity contribution < 1.29 is 14.7 Å². The van der Waals surface area contributed by atoms with Gasteiger partial charge in [0.2, 0.25) is 5.91 Å². The first-order valence-corrected chi connectivity index (χ1v) is 9.47. The minimum atomic E-state index is -0.994. The summed E-state index contributed by atoms with van der Waals surface area (Å²) in [6.07, 6.45) is 2.47. The first kappa shape index (κ1) is 20.0. The zero-order chi connectivity index (χ0) is 17.5. The van der Waals surface area contributed by atoms with Crippen LogP contribution >= 0.6 is 27.7 Å². The molecular weight excluding hydrogens is 380 g/mol. The number of carbonyl (C=O) groups is 2. The maximum Gasteiger partial charge on any atom is 0.253 e. The van der Waals surface area contributed by atoms with Crippen LogP contribution in [0.3, 0.4) is 0 Å². The molecule has 1 unspecified atom stereocenters. The van der Waals surface area contributed by atoms with E-state index >= 15 is 0 Å². The van der Waals surface area contributed by atoms with Gasteiger partial charge in [-0.1, -0.05) is 12.1 Å². The topological polar surface area (TPSA) is 78.4 Å². The lowest BCUT2D eigenvalue weighted by Gasteiger charge is -2.22. The van der Waals surface area contributed by atoms with E-state index in [-0.39, 0.29) is 18.4 Å². The van der Waals surface area contributed by atoms with E-state index < -0.39 is 11.6 Å². The van der Waals surface area contributed by atoms with Crippen LogP contribution in [0.1, 0.15) is 30.6 Å². The molecule has 0 saturated heterocycles. The lowest BCUT2D eigenvalue weighted by Crippen LogP contribution is -2.50. The Morgan fingerprint density at radius 1 is 1.35 bits per heavy atom. The van der Waals surface area contributed by atoms with Crippen LogP contribution in [0.5, 0.6) is 0 Å². The summed E-state index contributed by atoms with van der Waals surface area (Å²) in [5.74, 6) is 0.153. The minimum absolute atomic E-state index is 0.131.